The minimum absolute atomic E-state index is 0.351. The van der Waals surface area contributed by atoms with Crippen LogP contribution in [0.3, 0.4) is 0 Å². The molecule has 0 aliphatic rings. The number of hydrogen-bond donors (Lipinski definition) is 0. The number of hydrogen-bond acceptors (Lipinski definition) is 1. The summed E-state index contributed by atoms with van der Waals surface area (Å²) in [6.07, 6.45) is 1.55. The van der Waals surface area contributed by atoms with Crippen molar-refractivity contribution in [2.24, 2.45) is 5.41 Å². The molecule has 0 rings (SSSR count). The Hall–Kier alpha value is -0.0400. The van der Waals surface area contributed by atoms with Crippen LogP contribution in [0.2, 0.25) is 0 Å². The maximum Gasteiger partial charge on any atom is 0.0520 e. The van der Waals surface area contributed by atoms with Gasteiger partial charge in [-0.15, -0.1) is 0 Å². The van der Waals surface area contributed by atoms with Gasteiger partial charge in [-0.2, -0.15) is 0 Å². The van der Waals surface area contributed by atoms with Crippen LogP contribution in [0.25, 0.3) is 0 Å². The average Bonchev–Trinajstić information content (AvgIpc) is 1.85. The highest BCUT2D eigenvalue weighted by molar-refractivity contribution is 4.64. The molecule has 0 spiro atoms. The first-order valence-corrected chi connectivity index (χ1v) is 4.09. The smallest absolute Gasteiger partial charge is 0.0520 e. The third-order valence-electron chi connectivity index (χ3n) is 1.76. The summed E-state index contributed by atoms with van der Waals surface area (Å²) >= 11 is 0. The van der Waals surface area contributed by atoms with Gasteiger partial charge in [0.15, 0.2) is 0 Å². The first-order chi connectivity index (χ1) is 4.48. The Kier molecular flexibility index (Phi) is 3.95. The van der Waals surface area contributed by atoms with E-state index in [4.69, 9.17) is 4.74 Å². The van der Waals surface area contributed by atoms with Gasteiger partial charge in [0.2, 0.25) is 0 Å². The average molecular weight is 144 g/mol. The fourth-order valence-electron chi connectivity index (χ4n) is 0.494. The third-order valence-corrected chi connectivity index (χ3v) is 1.76. The molecule has 0 heterocycles. The van der Waals surface area contributed by atoms with Crippen molar-refractivity contribution in [1.29, 1.82) is 0 Å². The highest BCUT2D eigenvalue weighted by Gasteiger charge is 2.15. The summed E-state index contributed by atoms with van der Waals surface area (Å²) in [5.74, 6) is 0. The molecule has 0 aromatic rings. The van der Waals surface area contributed by atoms with E-state index in [0.717, 1.165) is 6.61 Å². The topological polar surface area (TPSA) is 9.23 Å². The van der Waals surface area contributed by atoms with Crippen molar-refractivity contribution in [1.82, 2.24) is 0 Å². The molecular formula is C9H20O. The second kappa shape index (κ2) is 3.97. The maximum atomic E-state index is 5.50. The molecule has 1 heteroatoms. The zero-order valence-corrected chi connectivity index (χ0v) is 7.90. The van der Waals surface area contributed by atoms with Crippen LogP contribution in [-0.4, -0.2) is 12.7 Å². The van der Waals surface area contributed by atoms with Gasteiger partial charge >= 0.3 is 0 Å². The van der Waals surface area contributed by atoms with Crippen LogP contribution in [0.4, 0.5) is 0 Å². The first-order valence-electron chi connectivity index (χ1n) is 4.09. The van der Waals surface area contributed by atoms with E-state index in [9.17, 15) is 0 Å². The SMILES string of the molecule is CCC(C)(C)COC(C)C. The molecule has 0 aromatic heterocycles. The fourth-order valence-corrected chi connectivity index (χ4v) is 0.494. The van der Waals surface area contributed by atoms with E-state index < -0.39 is 0 Å². The highest BCUT2D eigenvalue weighted by Crippen LogP contribution is 2.19. The van der Waals surface area contributed by atoms with Crippen LogP contribution in [0, 0.1) is 5.41 Å². The molecule has 0 aliphatic carbocycles. The second-order valence-corrected chi connectivity index (χ2v) is 3.88. The normalized spacial score (nSPS) is 12.6. The van der Waals surface area contributed by atoms with Crippen molar-refractivity contribution in [2.45, 2.75) is 47.1 Å². The predicted octanol–water partition coefficient (Wildman–Crippen LogP) is 2.85. The quantitative estimate of drug-likeness (QED) is 0.589. The molecule has 0 saturated carbocycles. The van der Waals surface area contributed by atoms with Crippen molar-refractivity contribution < 1.29 is 4.74 Å². The molecule has 0 unspecified atom stereocenters. The standard InChI is InChI=1S/C9H20O/c1-6-9(4,5)7-10-8(2)3/h8H,6-7H2,1-5H3. The molecule has 0 radical (unpaired) electrons. The lowest BCUT2D eigenvalue weighted by Gasteiger charge is -2.23. The summed E-state index contributed by atoms with van der Waals surface area (Å²) in [6.45, 7) is 11.7. The zero-order chi connectivity index (χ0) is 8.20. The molecule has 0 N–H and O–H groups in total. The van der Waals surface area contributed by atoms with E-state index in [1.165, 1.54) is 6.42 Å². The van der Waals surface area contributed by atoms with Crippen LogP contribution < -0.4 is 0 Å². The third kappa shape index (κ3) is 4.80. The molecule has 0 fully saturated rings. The molecule has 62 valence electrons. The Labute approximate surface area is 64.8 Å². The van der Waals surface area contributed by atoms with Gasteiger partial charge in [-0.1, -0.05) is 20.8 Å². The van der Waals surface area contributed by atoms with Crippen LogP contribution in [0.15, 0.2) is 0 Å². The van der Waals surface area contributed by atoms with Crippen molar-refractivity contribution in [3.63, 3.8) is 0 Å². The van der Waals surface area contributed by atoms with Crippen molar-refractivity contribution in [3.8, 4) is 0 Å². The summed E-state index contributed by atoms with van der Waals surface area (Å²) in [5.41, 5.74) is 0.351. The van der Waals surface area contributed by atoms with Crippen molar-refractivity contribution >= 4 is 0 Å². The van der Waals surface area contributed by atoms with E-state index in [1.54, 1.807) is 0 Å². The number of rotatable bonds is 4. The molecule has 0 bridgehead atoms. The molecule has 0 atom stereocenters. The van der Waals surface area contributed by atoms with Crippen LogP contribution in [0.5, 0.6) is 0 Å². The highest BCUT2D eigenvalue weighted by atomic mass is 16.5. The summed E-state index contributed by atoms with van der Waals surface area (Å²) in [4.78, 5) is 0. The Morgan fingerprint density at radius 2 is 1.80 bits per heavy atom. The Balaban J connectivity index is 3.46. The molecule has 0 saturated heterocycles. The van der Waals surface area contributed by atoms with Gasteiger partial charge in [-0.25, -0.2) is 0 Å². The lowest BCUT2D eigenvalue weighted by molar-refractivity contribution is 0.0201. The molecule has 1 nitrogen and oxygen atoms in total. The summed E-state index contributed by atoms with van der Waals surface area (Å²) in [5, 5.41) is 0. The monoisotopic (exact) mass is 144 g/mol. The molecule has 0 aromatic carbocycles. The summed E-state index contributed by atoms with van der Waals surface area (Å²) in [6, 6.07) is 0. The van der Waals surface area contributed by atoms with Gasteiger partial charge in [0.1, 0.15) is 0 Å². The van der Waals surface area contributed by atoms with E-state index >= 15 is 0 Å². The minimum Gasteiger partial charge on any atom is -0.378 e. The first kappa shape index (κ1) is 9.96. The molecule has 0 amide bonds. The minimum atomic E-state index is 0.351. The van der Waals surface area contributed by atoms with Crippen molar-refractivity contribution in [3.05, 3.63) is 0 Å². The van der Waals surface area contributed by atoms with Crippen LogP contribution in [-0.2, 0) is 4.74 Å². The predicted molar refractivity (Wildman–Crippen MR) is 45.2 cm³/mol. The largest absolute Gasteiger partial charge is 0.378 e. The van der Waals surface area contributed by atoms with Crippen molar-refractivity contribution in [2.75, 3.05) is 6.61 Å². The lowest BCUT2D eigenvalue weighted by atomic mass is 9.92. The van der Waals surface area contributed by atoms with Gasteiger partial charge < -0.3 is 4.74 Å². The zero-order valence-electron chi connectivity index (χ0n) is 7.90. The van der Waals surface area contributed by atoms with Gasteiger partial charge in [-0.05, 0) is 25.7 Å². The second-order valence-electron chi connectivity index (χ2n) is 3.88. The van der Waals surface area contributed by atoms with Gasteiger partial charge in [0.05, 0.1) is 12.7 Å². The number of ether oxygens (including phenoxy) is 1. The fraction of sp³-hybridized carbons (Fsp3) is 1.00. The Morgan fingerprint density at radius 1 is 1.30 bits per heavy atom. The van der Waals surface area contributed by atoms with Gasteiger partial charge in [0, 0.05) is 0 Å². The summed E-state index contributed by atoms with van der Waals surface area (Å²) < 4.78 is 5.50. The molecule has 10 heavy (non-hydrogen) atoms. The Bertz CT molecular complexity index is 84.7. The Morgan fingerprint density at radius 3 is 2.10 bits per heavy atom. The van der Waals surface area contributed by atoms with E-state index in [2.05, 4.69) is 34.6 Å². The summed E-state index contributed by atoms with van der Waals surface area (Å²) in [7, 11) is 0. The maximum absolute atomic E-state index is 5.50. The van der Waals surface area contributed by atoms with Crippen LogP contribution >= 0.6 is 0 Å². The van der Waals surface area contributed by atoms with Gasteiger partial charge in [-0.3, -0.25) is 0 Å². The molecule has 0 aliphatic heterocycles. The van der Waals surface area contributed by atoms with Crippen LogP contribution in [0.1, 0.15) is 41.0 Å². The van der Waals surface area contributed by atoms with Gasteiger partial charge in [0.25, 0.3) is 0 Å². The lowest BCUT2D eigenvalue weighted by Crippen LogP contribution is -2.20. The van der Waals surface area contributed by atoms with E-state index in [1.807, 2.05) is 0 Å². The van der Waals surface area contributed by atoms with E-state index in [0.29, 0.717) is 11.5 Å². The van der Waals surface area contributed by atoms with E-state index in [-0.39, 0.29) is 0 Å². The molecular weight excluding hydrogens is 124 g/mol.